The lowest BCUT2D eigenvalue weighted by molar-refractivity contribution is 0.340. The quantitative estimate of drug-likeness (QED) is 0.614. The molecule has 0 spiro atoms. The van der Waals surface area contributed by atoms with Crippen LogP contribution in [0.25, 0.3) is 0 Å². The molecule has 0 radical (unpaired) electrons. The number of aromatic nitrogens is 2. The van der Waals surface area contributed by atoms with Crippen LogP contribution in [0.1, 0.15) is 25.1 Å². The second kappa shape index (κ2) is 9.03. The van der Waals surface area contributed by atoms with E-state index in [2.05, 4.69) is 46.4 Å². The summed E-state index contributed by atoms with van der Waals surface area (Å²) in [5, 5.41) is 3.36. The second-order valence-corrected chi connectivity index (χ2v) is 6.28. The Morgan fingerprint density at radius 2 is 1.70 bits per heavy atom. The van der Waals surface area contributed by atoms with Gasteiger partial charge in [0.2, 0.25) is 5.95 Å². The number of hydrogen-bond donors (Lipinski definition) is 1. The fourth-order valence-corrected chi connectivity index (χ4v) is 2.84. The molecule has 1 aromatic heterocycles. The van der Waals surface area contributed by atoms with Crippen LogP contribution >= 0.6 is 0 Å². The van der Waals surface area contributed by atoms with E-state index in [9.17, 15) is 0 Å². The van der Waals surface area contributed by atoms with Crippen molar-refractivity contribution in [1.29, 1.82) is 0 Å². The standard InChI is InChI=1S/C22H26N4O/c1-4-26(16-18-9-7-6-8-10-18)22-23-17(3)15-21(25-22)24-19-11-13-20(14-12-19)27-5-2/h6-15H,4-5,16H2,1-3H3,(H,23,24,25). The molecule has 1 N–H and O–H groups in total. The predicted molar refractivity (Wildman–Crippen MR) is 111 cm³/mol. The van der Waals surface area contributed by atoms with Gasteiger partial charge in [-0.05, 0) is 50.6 Å². The molecule has 2 aromatic carbocycles. The SMILES string of the molecule is CCOc1ccc(Nc2cc(C)nc(N(CC)Cc3ccccc3)n2)cc1. The molecule has 0 amide bonds. The average Bonchev–Trinajstić information content (AvgIpc) is 2.68. The summed E-state index contributed by atoms with van der Waals surface area (Å²) in [6, 6.07) is 20.2. The molecule has 0 saturated carbocycles. The zero-order valence-corrected chi connectivity index (χ0v) is 16.1. The highest BCUT2D eigenvalue weighted by molar-refractivity contribution is 5.58. The van der Waals surface area contributed by atoms with Crippen molar-refractivity contribution in [3.63, 3.8) is 0 Å². The first-order chi connectivity index (χ1) is 13.2. The van der Waals surface area contributed by atoms with Gasteiger partial charge in [-0.25, -0.2) is 4.98 Å². The van der Waals surface area contributed by atoms with Crippen molar-refractivity contribution in [2.75, 3.05) is 23.4 Å². The number of hydrogen-bond acceptors (Lipinski definition) is 5. The number of anilines is 3. The molecule has 140 valence electrons. The summed E-state index contributed by atoms with van der Waals surface area (Å²) in [5.41, 5.74) is 3.14. The monoisotopic (exact) mass is 362 g/mol. The lowest BCUT2D eigenvalue weighted by atomic mass is 10.2. The Kier molecular flexibility index (Phi) is 6.26. The van der Waals surface area contributed by atoms with Crippen molar-refractivity contribution >= 4 is 17.5 Å². The van der Waals surface area contributed by atoms with E-state index >= 15 is 0 Å². The number of benzene rings is 2. The number of rotatable bonds is 8. The van der Waals surface area contributed by atoms with Gasteiger partial charge in [0.25, 0.3) is 0 Å². The van der Waals surface area contributed by atoms with Crippen molar-refractivity contribution < 1.29 is 4.74 Å². The van der Waals surface area contributed by atoms with Gasteiger partial charge in [0.1, 0.15) is 11.6 Å². The number of nitrogens with one attached hydrogen (secondary N) is 1. The van der Waals surface area contributed by atoms with Crippen LogP contribution in [0.4, 0.5) is 17.5 Å². The largest absolute Gasteiger partial charge is 0.494 e. The number of nitrogens with zero attached hydrogens (tertiary/aromatic N) is 3. The van der Waals surface area contributed by atoms with Crippen molar-refractivity contribution in [2.24, 2.45) is 0 Å². The fourth-order valence-electron chi connectivity index (χ4n) is 2.84. The van der Waals surface area contributed by atoms with Gasteiger partial charge in [-0.15, -0.1) is 0 Å². The zero-order valence-electron chi connectivity index (χ0n) is 16.1. The van der Waals surface area contributed by atoms with Crippen molar-refractivity contribution in [3.8, 4) is 5.75 Å². The first-order valence-electron chi connectivity index (χ1n) is 9.32. The topological polar surface area (TPSA) is 50.3 Å². The molecule has 3 rings (SSSR count). The van der Waals surface area contributed by atoms with Gasteiger partial charge >= 0.3 is 0 Å². The van der Waals surface area contributed by atoms with E-state index < -0.39 is 0 Å². The maximum absolute atomic E-state index is 5.49. The third-order valence-electron chi connectivity index (χ3n) is 4.16. The lowest BCUT2D eigenvalue weighted by Gasteiger charge is -2.22. The summed E-state index contributed by atoms with van der Waals surface area (Å²) >= 11 is 0. The molecule has 0 unspecified atom stereocenters. The summed E-state index contributed by atoms with van der Waals surface area (Å²) in [6.07, 6.45) is 0. The maximum atomic E-state index is 5.49. The molecule has 0 aliphatic heterocycles. The van der Waals surface area contributed by atoms with Crippen LogP contribution in [0.2, 0.25) is 0 Å². The lowest BCUT2D eigenvalue weighted by Crippen LogP contribution is -2.24. The van der Waals surface area contributed by atoms with Crippen molar-refractivity contribution in [2.45, 2.75) is 27.3 Å². The molecule has 5 nitrogen and oxygen atoms in total. The molecule has 1 heterocycles. The van der Waals surface area contributed by atoms with Gasteiger partial charge in [0.15, 0.2) is 0 Å². The molecule has 0 fully saturated rings. The number of aryl methyl sites for hydroxylation is 1. The Bertz CT molecular complexity index is 850. The normalized spacial score (nSPS) is 10.5. The highest BCUT2D eigenvalue weighted by Crippen LogP contribution is 2.22. The molecule has 0 atom stereocenters. The van der Waals surface area contributed by atoms with Gasteiger partial charge < -0.3 is 15.0 Å². The van der Waals surface area contributed by atoms with Crippen LogP contribution < -0.4 is 15.0 Å². The minimum absolute atomic E-state index is 0.662. The Morgan fingerprint density at radius 1 is 0.963 bits per heavy atom. The van der Waals surface area contributed by atoms with Gasteiger partial charge in [0, 0.05) is 30.5 Å². The summed E-state index contributed by atoms with van der Waals surface area (Å²) < 4.78 is 5.49. The van der Waals surface area contributed by atoms with Crippen LogP contribution in [0.5, 0.6) is 5.75 Å². The average molecular weight is 362 g/mol. The van der Waals surface area contributed by atoms with Gasteiger partial charge in [0.05, 0.1) is 6.61 Å². The minimum Gasteiger partial charge on any atom is -0.494 e. The van der Waals surface area contributed by atoms with Crippen LogP contribution in [0.15, 0.2) is 60.7 Å². The van der Waals surface area contributed by atoms with Crippen LogP contribution in [0.3, 0.4) is 0 Å². The molecule has 0 aliphatic rings. The molecule has 0 saturated heterocycles. The molecule has 3 aromatic rings. The second-order valence-electron chi connectivity index (χ2n) is 6.28. The third-order valence-corrected chi connectivity index (χ3v) is 4.16. The van der Waals surface area contributed by atoms with E-state index in [1.165, 1.54) is 5.56 Å². The minimum atomic E-state index is 0.662. The Hall–Kier alpha value is -3.08. The van der Waals surface area contributed by atoms with Crippen molar-refractivity contribution in [1.82, 2.24) is 9.97 Å². The Labute approximate surface area is 161 Å². The maximum Gasteiger partial charge on any atom is 0.227 e. The highest BCUT2D eigenvalue weighted by atomic mass is 16.5. The van der Waals surface area contributed by atoms with Crippen LogP contribution in [-0.4, -0.2) is 23.1 Å². The number of ether oxygens (including phenoxy) is 1. The Morgan fingerprint density at radius 3 is 2.37 bits per heavy atom. The molecular formula is C22H26N4O. The first-order valence-corrected chi connectivity index (χ1v) is 9.32. The molecule has 27 heavy (non-hydrogen) atoms. The first kappa shape index (κ1) is 18.7. The molecule has 5 heteroatoms. The summed E-state index contributed by atoms with van der Waals surface area (Å²) in [4.78, 5) is 11.5. The van der Waals surface area contributed by atoms with E-state index in [-0.39, 0.29) is 0 Å². The van der Waals surface area contributed by atoms with Crippen LogP contribution in [0, 0.1) is 6.92 Å². The summed E-state index contributed by atoms with van der Waals surface area (Å²) in [6.45, 7) is 8.37. The zero-order chi connectivity index (χ0) is 19.1. The summed E-state index contributed by atoms with van der Waals surface area (Å²) in [5.74, 6) is 2.38. The highest BCUT2D eigenvalue weighted by Gasteiger charge is 2.11. The third kappa shape index (κ3) is 5.20. The van der Waals surface area contributed by atoms with E-state index in [0.29, 0.717) is 6.61 Å². The molecule has 0 aliphatic carbocycles. The van der Waals surface area contributed by atoms with E-state index in [0.717, 1.165) is 42.0 Å². The van der Waals surface area contributed by atoms with E-state index in [4.69, 9.17) is 9.72 Å². The fraction of sp³-hybridized carbons (Fsp3) is 0.273. The van der Waals surface area contributed by atoms with Gasteiger partial charge in [-0.2, -0.15) is 4.98 Å². The molecule has 0 bridgehead atoms. The molecular weight excluding hydrogens is 336 g/mol. The summed E-state index contributed by atoms with van der Waals surface area (Å²) in [7, 11) is 0. The van der Waals surface area contributed by atoms with Crippen molar-refractivity contribution in [3.05, 3.63) is 71.9 Å². The smallest absolute Gasteiger partial charge is 0.227 e. The Balaban J connectivity index is 1.78. The van der Waals surface area contributed by atoms with E-state index in [1.807, 2.05) is 50.2 Å². The van der Waals surface area contributed by atoms with E-state index in [1.54, 1.807) is 0 Å². The van der Waals surface area contributed by atoms with Gasteiger partial charge in [-0.1, -0.05) is 30.3 Å². The van der Waals surface area contributed by atoms with Gasteiger partial charge in [-0.3, -0.25) is 0 Å². The van der Waals surface area contributed by atoms with Crippen LogP contribution in [-0.2, 0) is 6.54 Å². The predicted octanol–water partition coefficient (Wildman–Crippen LogP) is 4.95.